The normalized spacial score (nSPS) is 36.5. The van der Waals surface area contributed by atoms with E-state index in [9.17, 15) is 9.90 Å². The van der Waals surface area contributed by atoms with Crippen LogP contribution in [0, 0.1) is 5.92 Å². The minimum Gasteiger partial charge on any atom is -0.396 e. The Morgan fingerprint density at radius 2 is 2.00 bits per heavy atom. The van der Waals surface area contributed by atoms with E-state index in [1.807, 2.05) is 4.90 Å². The maximum atomic E-state index is 12.0. The summed E-state index contributed by atoms with van der Waals surface area (Å²) in [7, 11) is 0. The van der Waals surface area contributed by atoms with Gasteiger partial charge in [-0.1, -0.05) is 12.8 Å². The van der Waals surface area contributed by atoms with Crippen LogP contribution in [0.2, 0.25) is 0 Å². The van der Waals surface area contributed by atoms with E-state index >= 15 is 0 Å². The molecule has 0 aromatic rings. The van der Waals surface area contributed by atoms with Crippen LogP contribution in [0.4, 0.5) is 0 Å². The Labute approximate surface area is 96.8 Å². The third-order valence-corrected chi connectivity index (χ3v) is 4.02. The summed E-state index contributed by atoms with van der Waals surface area (Å²) in [5.41, 5.74) is 5.81. The van der Waals surface area contributed by atoms with Gasteiger partial charge in [-0.05, 0) is 25.7 Å². The lowest BCUT2D eigenvalue weighted by molar-refractivity contribution is -0.140. The zero-order chi connectivity index (χ0) is 11.5. The van der Waals surface area contributed by atoms with E-state index in [-0.39, 0.29) is 30.5 Å². The molecule has 2 rings (SSSR count). The minimum absolute atomic E-state index is 0.0941. The predicted molar refractivity (Wildman–Crippen MR) is 61.8 cm³/mol. The number of amides is 1. The molecule has 1 amide bonds. The van der Waals surface area contributed by atoms with Gasteiger partial charge in [0.25, 0.3) is 0 Å². The summed E-state index contributed by atoms with van der Waals surface area (Å²) in [4.78, 5) is 13.9. The lowest BCUT2D eigenvalue weighted by Gasteiger charge is -2.42. The molecule has 1 heterocycles. The van der Waals surface area contributed by atoms with Crippen molar-refractivity contribution in [2.75, 3.05) is 13.2 Å². The number of piperidine rings is 1. The van der Waals surface area contributed by atoms with E-state index in [2.05, 4.69) is 0 Å². The van der Waals surface area contributed by atoms with Crippen molar-refractivity contribution in [2.45, 2.75) is 50.6 Å². The molecule has 0 aromatic heterocycles. The fourth-order valence-electron chi connectivity index (χ4n) is 3.07. The van der Waals surface area contributed by atoms with Gasteiger partial charge in [0.15, 0.2) is 0 Å². The highest BCUT2D eigenvalue weighted by atomic mass is 16.3. The molecule has 3 unspecified atom stereocenters. The monoisotopic (exact) mass is 226 g/mol. The van der Waals surface area contributed by atoms with Crippen molar-refractivity contribution in [3.8, 4) is 0 Å². The summed E-state index contributed by atoms with van der Waals surface area (Å²) in [6, 6.07) is -0.0763. The molecule has 0 aromatic carbocycles. The molecule has 1 aliphatic carbocycles. The molecule has 3 atom stereocenters. The first-order valence-corrected chi connectivity index (χ1v) is 6.41. The van der Waals surface area contributed by atoms with Gasteiger partial charge in [0.1, 0.15) is 0 Å². The van der Waals surface area contributed by atoms with Crippen LogP contribution in [0.3, 0.4) is 0 Å². The standard InChI is InChI=1S/C12H22N2O2/c13-10-5-3-7-14(12(10)16)11-6-2-1-4-9(11)8-15/h9-11,15H,1-8,13H2. The number of nitrogens with zero attached hydrogens (tertiary/aromatic N) is 1. The molecular weight excluding hydrogens is 204 g/mol. The van der Waals surface area contributed by atoms with Crippen LogP contribution in [-0.2, 0) is 4.79 Å². The van der Waals surface area contributed by atoms with Crippen molar-refractivity contribution in [1.29, 1.82) is 0 Å². The van der Waals surface area contributed by atoms with E-state index in [1.165, 1.54) is 12.8 Å². The average Bonchev–Trinajstić information content (AvgIpc) is 2.33. The fraction of sp³-hybridized carbons (Fsp3) is 0.917. The zero-order valence-corrected chi connectivity index (χ0v) is 9.77. The van der Waals surface area contributed by atoms with Crippen LogP contribution < -0.4 is 5.73 Å². The molecule has 2 fully saturated rings. The third-order valence-electron chi connectivity index (χ3n) is 4.02. The molecule has 4 heteroatoms. The zero-order valence-electron chi connectivity index (χ0n) is 9.77. The molecular formula is C12H22N2O2. The van der Waals surface area contributed by atoms with Crippen LogP contribution >= 0.6 is 0 Å². The molecule has 1 saturated heterocycles. The lowest BCUT2D eigenvalue weighted by Crippen LogP contribution is -2.55. The van der Waals surface area contributed by atoms with Gasteiger partial charge in [-0.25, -0.2) is 0 Å². The van der Waals surface area contributed by atoms with Crippen molar-refractivity contribution in [2.24, 2.45) is 11.7 Å². The van der Waals surface area contributed by atoms with Gasteiger partial charge in [-0.3, -0.25) is 4.79 Å². The van der Waals surface area contributed by atoms with Crippen molar-refractivity contribution < 1.29 is 9.90 Å². The average molecular weight is 226 g/mol. The summed E-state index contributed by atoms with van der Waals surface area (Å²) in [6.45, 7) is 1.03. The molecule has 92 valence electrons. The van der Waals surface area contributed by atoms with Gasteiger partial charge < -0.3 is 15.7 Å². The number of rotatable bonds is 2. The third kappa shape index (κ3) is 2.23. The second-order valence-corrected chi connectivity index (χ2v) is 5.07. The fourth-order valence-corrected chi connectivity index (χ4v) is 3.07. The van der Waals surface area contributed by atoms with Gasteiger partial charge in [0.05, 0.1) is 6.04 Å². The Balaban J connectivity index is 2.06. The van der Waals surface area contributed by atoms with Gasteiger partial charge in [0.2, 0.25) is 5.91 Å². The Morgan fingerprint density at radius 1 is 1.25 bits per heavy atom. The molecule has 0 bridgehead atoms. The van der Waals surface area contributed by atoms with Crippen LogP contribution in [0.25, 0.3) is 0 Å². The molecule has 3 N–H and O–H groups in total. The van der Waals surface area contributed by atoms with Crippen LogP contribution in [-0.4, -0.2) is 41.1 Å². The van der Waals surface area contributed by atoms with Crippen LogP contribution in [0.1, 0.15) is 38.5 Å². The summed E-state index contributed by atoms with van der Waals surface area (Å²) in [5.74, 6) is 0.361. The Bertz CT molecular complexity index is 257. The van der Waals surface area contributed by atoms with Gasteiger partial charge in [-0.2, -0.15) is 0 Å². The van der Waals surface area contributed by atoms with Crippen LogP contribution in [0.5, 0.6) is 0 Å². The maximum absolute atomic E-state index is 12.0. The van der Waals surface area contributed by atoms with E-state index in [0.717, 1.165) is 32.2 Å². The number of aliphatic hydroxyl groups is 1. The van der Waals surface area contributed by atoms with Crippen molar-refractivity contribution in [1.82, 2.24) is 4.90 Å². The number of carbonyl (C=O) groups is 1. The number of aliphatic hydroxyl groups excluding tert-OH is 1. The van der Waals surface area contributed by atoms with E-state index in [4.69, 9.17) is 5.73 Å². The van der Waals surface area contributed by atoms with E-state index in [0.29, 0.717) is 0 Å². The Hall–Kier alpha value is -0.610. The molecule has 16 heavy (non-hydrogen) atoms. The smallest absolute Gasteiger partial charge is 0.239 e. The number of nitrogens with two attached hydrogens (primary N) is 1. The van der Waals surface area contributed by atoms with Gasteiger partial charge in [0, 0.05) is 25.1 Å². The summed E-state index contributed by atoms with van der Waals surface area (Å²) >= 11 is 0. The second-order valence-electron chi connectivity index (χ2n) is 5.07. The minimum atomic E-state index is -0.310. The van der Waals surface area contributed by atoms with Crippen molar-refractivity contribution in [3.63, 3.8) is 0 Å². The number of hydrogen-bond donors (Lipinski definition) is 2. The molecule has 1 aliphatic heterocycles. The highest BCUT2D eigenvalue weighted by Gasteiger charge is 2.36. The maximum Gasteiger partial charge on any atom is 0.239 e. The molecule has 0 radical (unpaired) electrons. The Kier molecular flexibility index (Phi) is 3.82. The first-order valence-electron chi connectivity index (χ1n) is 6.41. The second kappa shape index (κ2) is 5.15. The number of carbonyl (C=O) groups excluding carboxylic acids is 1. The molecule has 2 aliphatic rings. The van der Waals surface area contributed by atoms with Gasteiger partial charge in [-0.15, -0.1) is 0 Å². The van der Waals surface area contributed by atoms with Crippen LogP contribution in [0.15, 0.2) is 0 Å². The summed E-state index contributed by atoms with van der Waals surface area (Å²) in [5, 5.41) is 9.38. The van der Waals surface area contributed by atoms with Gasteiger partial charge >= 0.3 is 0 Å². The summed E-state index contributed by atoms with van der Waals surface area (Å²) < 4.78 is 0. The quantitative estimate of drug-likeness (QED) is 0.720. The highest BCUT2D eigenvalue weighted by Crippen LogP contribution is 2.30. The number of likely N-dealkylation sites (tertiary alicyclic amines) is 1. The first kappa shape index (κ1) is 11.9. The summed E-state index contributed by atoms with van der Waals surface area (Å²) in [6.07, 6.45) is 6.23. The first-order chi connectivity index (χ1) is 7.74. The van der Waals surface area contributed by atoms with E-state index < -0.39 is 0 Å². The number of hydrogen-bond acceptors (Lipinski definition) is 3. The highest BCUT2D eigenvalue weighted by molar-refractivity contribution is 5.82. The predicted octanol–water partition coefficient (Wildman–Crippen LogP) is 0.487. The van der Waals surface area contributed by atoms with Crippen molar-refractivity contribution >= 4 is 5.91 Å². The van der Waals surface area contributed by atoms with E-state index in [1.54, 1.807) is 0 Å². The molecule has 0 spiro atoms. The lowest BCUT2D eigenvalue weighted by atomic mass is 9.83. The molecule has 4 nitrogen and oxygen atoms in total. The molecule has 1 saturated carbocycles. The topological polar surface area (TPSA) is 66.6 Å². The largest absolute Gasteiger partial charge is 0.396 e. The SMILES string of the molecule is NC1CCCN(C2CCCCC2CO)C1=O. The van der Waals surface area contributed by atoms with Crippen molar-refractivity contribution in [3.05, 3.63) is 0 Å². The Morgan fingerprint density at radius 3 is 2.75 bits per heavy atom.